The van der Waals surface area contributed by atoms with E-state index in [1.807, 2.05) is 38.1 Å². The standard InChI is InChI=1S/C22H31N3O3/c1-5-15-28-18-9-7-17(8-10-18)19-20(22(27)25(16(3)4)21(19)26)24-13-11-23(6-2)12-14-24/h7-10,16H,5-6,11-15H2,1-4H3. The normalized spacial score (nSPS) is 18.6. The Labute approximate surface area is 167 Å². The average Bonchev–Trinajstić information content (AvgIpc) is 2.97. The lowest BCUT2D eigenvalue weighted by Gasteiger charge is -2.36. The molecule has 0 unspecified atom stereocenters. The van der Waals surface area contributed by atoms with Crippen LogP contribution in [0.4, 0.5) is 0 Å². The molecule has 0 saturated carbocycles. The van der Waals surface area contributed by atoms with E-state index in [4.69, 9.17) is 4.74 Å². The summed E-state index contributed by atoms with van der Waals surface area (Å²) in [6.45, 7) is 13.0. The lowest BCUT2D eigenvalue weighted by atomic mass is 10.0. The minimum atomic E-state index is -0.199. The fraction of sp³-hybridized carbons (Fsp3) is 0.545. The second-order valence-electron chi connectivity index (χ2n) is 7.59. The van der Waals surface area contributed by atoms with Gasteiger partial charge in [0.25, 0.3) is 11.8 Å². The first-order valence-corrected chi connectivity index (χ1v) is 10.3. The SMILES string of the molecule is CCCOc1ccc(C2=C(N3CCN(CC)CC3)C(=O)N(C(C)C)C2=O)cc1. The Balaban J connectivity index is 1.95. The van der Waals surface area contributed by atoms with Crippen molar-refractivity contribution < 1.29 is 14.3 Å². The van der Waals surface area contributed by atoms with Crippen LogP contribution in [0.25, 0.3) is 5.57 Å². The van der Waals surface area contributed by atoms with Gasteiger partial charge in [0.05, 0.1) is 12.2 Å². The summed E-state index contributed by atoms with van der Waals surface area (Å²) in [5.41, 5.74) is 1.85. The molecule has 2 heterocycles. The van der Waals surface area contributed by atoms with Crippen LogP contribution >= 0.6 is 0 Å². The van der Waals surface area contributed by atoms with Gasteiger partial charge < -0.3 is 14.5 Å². The number of rotatable bonds is 7. The van der Waals surface area contributed by atoms with Gasteiger partial charge in [-0.15, -0.1) is 0 Å². The maximum atomic E-state index is 13.2. The van der Waals surface area contributed by atoms with E-state index >= 15 is 0 Å². The second kappa shape index (κ2) is 8.78. The zero-order valence-corrected chi connectivity index (χ0v) is 17.4. The van der Waals surface area contributed by atoms with Crippen LogP contribution in [0.1, 0.15) is 39.7 Å². The Hall–Kier alpha value is -2.34. The Morgan fingerprint density at radius 1 is 0.964 bits per heavy atom. The summed E-state index contributed by atoms with van der Waals surface area (Å²) in [6.07, 6.45) is 0.942. The van der Waals surface area contributed by atoms with Crippen molar-refractivity contribution in [2.45, 2.75) is 40.2 Å². The minimum Gasteiger partial charge on any atom is -0.494 e. The molecule has 2 aliphatic rings. The first kappa shape index (κ1) is 20.4. The second-order valence-corrected chi connectivity index (χ2v) is 7.59. The minimum absolute atomic E-state index is 0.170. The van der Waals surface area contributed by atoms with Crippen molar-refractivity contribution in [2.75, 3.05) is 39.3 Å². The Bertz CT molecular complexity index is 747. The summed E-state index contributed by atoms with van der Waals surface area (Å²) >= 11 is 0. The van der Waals surface area contributed by atoms with Gasteiger partial charge >= 0.3 is 0 Å². The van der Waals surface area contributed by atoms with Crippen molar-refractivity contribution in [1.29, 1.82) is 0 Å². The highest BCUT2D eigenvalue weighted by Gasteiger charge is 2.43. The molecule has 0 atom stereocenters. The van der Waals surface area contributed by atoms with Gasteiger partial charge in [-0.05, 0) is 44.5 Å². The van der Waals surface area contributed by atoms with Crippen LogP contribution in [0.15, 0.2) is 30.0 Å². The molecule has 2 aliphatic heterocycles. The molecule has 0 aliphatic carbocycles. The average molecular weight is 386 g/mol. The Morgan fingerprint density at radius 2 is 1.61 bits per heavy atom. The van der Waals surface area contributed by atoms with Crippen LogP contribution in [0.5, 0.6) is 5.75 Å². The van der Waals surface area contributed by atoms with E-state index in [1.165, 1.54) is 4.90 Å². The number of benzene rings is 1. The molecule has 28 heavy (non-hydrogen) atoms. The van der Waals surface area contributed by atoms with E-state index in [0.717, 1.165) is 50.5 Å². The molecule has 6 heteroatoms. The smallest absolute Gasteiger partial charge is 0.278 e. The topological polar surface area (TPSA) is 53.1 Å². The lowest BCUT2D eigenvalue weighted by Crippen LogP contribution is -2.47. The van der Waals surface area contributed by atoms with E-state index in [-0.39, 0.29) is 17.9 Å². The predicted octanol–water partition coefficient (Wildman–Crippen LogP) is 2.60. The molecule has 0 radical (unpaired) electrons. The Morgan fingerprint density at radius 3 is 2.14 bits per heavy atom. The molecule has 1 aromatic rings. The van der Waals surface area contributed by atoms with Crippen LogP contribution in [0.2, 0.25) is 0 Å². The summed E-state index contributed by atoms with van der Waals surface area (Å²) in [7, 11) is 0. The molecule has 6 nitrogen and oxygen atoms in total. The number of amides is 2. The summed E-state index contributed by atoms with van der Waals surface area (Å²) in [5, 5.41) is 0. The van der Waals surface area contributed by atoms with E-state index in [2.05, 4.69) is 23.6 Å². The number of hydrogen-bond donors (Lipinski definition) is 0. The zero-order valence-electron chi connectivity index (χ0n) is 17.4. The highest BCUT2D eigenvalue weighted by atomic mass is 16.5. The number of likely N-dealkylation sites (N-methyl/N-ethyl adjacent to an activating group) is 1. The molecule has 3 rings (SSSR count). The van der Waals surface area contributed by atoms with Crippen molar-refractivity contribution >= 4 is 17.4 Å². The molecule has 1 fully saturated rings. The fourth-order valence-corrected chi connectivity index (χ4v) is 3.78. The third-order valence-electron chi connectivity index (χ3n) is 5.36. The summed E-state index contributed by atoms with van der Waals surface area (Å²) in [5.74, 6) is 0.406. The van der Waals surface area contributed by atoms with Crippen LogP contribution in [0, 0.1) is 0 Å². The third kappa shape index (κ3) is 3.92. The third-order valence-corrected chi connectivity index (χ3v) is 5.36. The van der Waals surface area contributed by atoms with Gasteiger partial charge in [0.2, 0.25) is 0 Å². The quantitative estimate of drug-likeness (QED) is 0.676. The number of piperazine rings is 1. The molecule has 2 amide bonds. The molecule has 0 N–H and O–H groups in total. The van der Waals surface area contributed by atoms with Crippen molar-refractivity contribution in [3.8, 4) is 5.75 Å². The van der Waals surface area contributed by atoms with Gasteiger partial charge in [0.15, 0.2) is 0 Å². The van der Waals surface area contributed by atoms with Crippen LogP contribution < -0.4 is 4.74 Å². The number of imide groups is 1. The van der Waals surface area contributed by atoms with Gasteiger partial charge in [-0.3, -0.25) is 14.5 Å². The summed E-state index contributed by atoms with van der Waals surface area (Å²) in [6, 6.07) is 7.35. The number of carbonyl (C=O) groups is 2. The molecular formula is C22H31N3O3. The molecular weight excluding hydrogens is 354 g/mol. The predicted molar refractivity (Wildman–Crippen MR) is 110 cm³/mol. The van der Waals surface area contributed by atoms with Crippen molar-refractivity contribution in [1.82, 2.24) is 14.7 Å². The van der Waals surface area contributed by atoms with Gasteiger partial charge in [-0.25, -0.2) is 0 Å². The van der Waals surface area contributed by atoms with Crippen molar-refractivity contribution in [3.63, 3.8) is 0 Å². The van der Waals surface area contributed by atoms with E-state index in [1.54, 1.807) is 0 Å². The molecule has 1 saturated heterocycles. The monoisotopic (exact) mass is 385 g/mol. The van der Waals surface area contributed by atoms with Crippen LogP contribution in [0.3, 0.4) is 0 Å². The van der Waals surface area contributed by atoms with Gasteiger partial charge in [0.1, 0.15) is 11.4 Å². The highest BCUT2D eigenvalue weighted by Crippen LogP contribution is 2.34. The maximum Gasteiger partial charge on any atom is 0.278 e. The van der Waals surface area contributed by atoms with Gasteiger partial charge in [0, 0.05) is 32.2 Å². The first-order chi connectivity index (χ1) is 13.5. The maximum absolute atomic E-state index is 13.2. The summed E-state index contributed by atoms with van der Waals surface area (Å²) in [4.78, 5) is 32.2. The number of ether oxygens (including phenoxy) is 1. The number of carbonyl (C=O) groups excluding carboxylic acids is 2. The van der Waals surface area contributed by atoms with Crippen LogP contribution in [-0.2, 0) is 9.59 Å². The lowest BCUT2D eigenvalue weighted by molar-refractivity contribution is -0.139. The largest absolute Gasteiger partial charge is 0.494 e. The molecule has 1 aromatic carbocycles. The fourth-order valence-electron chi connectivity index (χ4n) is 3.78. The zero-order chi connectivity index (χ0) is 20.3. The van der Waals surface area contributed by atoms with E-state index < -0.39 is 0 Å². The first-order valence-electron chi connectivity index (χ1n) is 10.3. The van der Waals surface area contributed by atoms with E-state index in [0.29, 0.717) is 17.9 Å². The van der Waals surface area contributed by atoms with Crippen molar-refractivity contribution in [2.24, 2.45) is 0 Å². The molecule has 0 spiro atoms. The van der Waals surface area contributed by atoms with E-state index in [9.17, 15) is 9.59 Å². The summed E-state index contributed by atoms with van der Waals surface area (Å²) < 4.78 is 5.65. The van der Waals surface area contributed by atoms with Crippen molar-refractivity contribution in [3.05, 3.63) is 35.5 Å². The molecule has 0 bridgehead atoms. The number of nitrogens with zero attached hydrogens (tertiary/aromatic N) is 3. The van der Waals surface area contributed by atoms with Gasteiger partial charge in [-0.1, -0.05) is 26.0 Å². The number of hydrogen-bond acceptors (Lipinski definition) is 5. The highest BCUT2D eigenvalue weighted by molar-refractivity contribution is 6.35. The van der Waals surface area contributed by atoms with Crippen LogP contribution in [-0.4, -0.2) is 71.9 Å². The molecule has 152 valence electrons. The Kier molecular flexibility index (Phi) is 6.39. The molecule has 0 aromatic heterocycles. The van der Waals surface area contributed by atoms with Gasteiger partial charge in [-0.2, -0.15) is 0 Å².